The van der Waals surface area contributed by atoms with Crippen LogP contribution in [0.3, 0.4) is 0 Å². The van der Waals surface area contributed by atoms with Crippen LogP contribution in [-0.2, 0) is 4.79 Å². The number of aryl methyl sites for hydroxylation is 2. The molecule has 142 valence electrons. The van der Waals surface area contributed by atoms with Crippen LogP contribution in [0.4, 0.5) is 0 Å². The van der Waals surface area contributed by atoms with Gasteiger partial charge in [0.1, 0.15) is 11.6 Å². The largest absolute Gasteiger partial charge is 0.490 e. The van der Waals surface area contributed by atoms with Crippen LogP contribution in [-0.4, -0.2) is 23.8 Å². The molecule has 7 heteroatoms. The van der Waals surface area contributed by atoms with Crippen molar-refractivity contribution in [1.82, 2.24) is 4.68 Å². The lowest BCUT2D eigenvalue weighted by atomic mass is 10.1. The smallest absolute Gasteiger partial charge is 0.280 e. The van der Waals surface area contributed by atoms with Crippen molar-refractivity contribution < 1.29 is 14.3 Å². The number of hydrogen-bond acceptors (Lipinski definition) is 4. The van der Waals surface area contributed by atoms with Crippen LogP contribution in [0, 0.1) is 28.7 Å². The molecule has 1 aromatic carbocycles. The molecule has 6 nitrogen and oxygen atoms in total. The normalized spacial score (nSPS) is 11.0. The van der Waals surface area contributed by atoms with Crippen LogP contribution in [0.1, 0.15) is 30.8 Å². The van der Waals surface area contributed by atoms with Gasteiger partial charge in [-0.05, 0) is 86.2 Å². The summed E-state index contributed by atoms with van der Waals surface area (Å²) >= 11 is 2.16. The van der Waals surface area contributed by atoms with E-state index in [0.29, 0.717) is 30.3 Å². The number of nitriles is 1. The van der Waals surface area contributed by atoms with Crippen LogP contribution in [0.15, 0.2) is 29.8 Å². The molecule has 0 fully saturated rings. The number of amides is 1. The molecule has 0 atom stereocenters. The van der Waals surface area contributed by atoms with E-state index in [0.717, 1.165) is 15.0 Å². The van der Waals surface area contributed by atoms with Gasteiger partial charge in [-0.1, -0.05) is 0 Å². The minimum absolute atomic E-state index is 0.00454. The highest BCUT2D eigenvalue weighted by Crippen LogP contribution is 2.35. The number of carbonyl (C=O) groups excluding carboxylic acids is 1. The van der Waals surface area contributed by atoms with Gasteiger partial charge in [-0.2, -0.15) is 5.26 Å². The Morgan fingerprint density at radius 2 is 1.85 bits per heavy atom. The molecule has 0 saturated heterocycles. The molecule has 0 spiro atoms. The highest BCUT2D eigenvalue weighted by Gasteiger charge is 2.15. The quantitative estimate of drug-likeness (QED) is 0.367. The second-order valence-corrected chi connectivity index (χ2v) is 6.92. The Hall–Kier alpha value is -2.47. The fourth-order valence-corrected chi connectivity index (χ4v) is 3.32. The third-order valence-electron chi connectivity index (χ3n) is 3.78. The molecule has 27 heavy (non-hydrogen) atoms. The van der Waals surface area contributed by atoms with E-state index in [1.54, 1.807) is 16.8 Å². The Morgan fingerprint density at radius 1 is 1.22 bits per heavy atom. The summed E-state index contributed by atoms with van der Waals surface area (Å²) in [5, 5.41) is 9.46. The SMILES string of the molecule is CCOc1cc(/C=C(/C#N)C(=O)Nn2c(C)ccc2C)cc(I)c1OCC. The van der Waals surface area contributed by atoms with Crippen LogP contribution in [0.5, 0.6) is 11.5 Å². The molecular formula is C20H22IN3O3. The number of rotatable bonds is 7. The first-order chi connectivity index (χ1) is 12.9. The maximum Gasteiger partial charge on any atom is 0.280 e. The minimum Gasteiger partial charge on any atom is -0.490 e. The lowest BCUT2D eigenvalue weighted by molar-refractivity contribution is -0.113. The second kappa shape index (κ2) is 9.46. The van der Waals surface area contributed by atoms with Crippen molar-refractivity contribution in [3.63, 3.8) is 0 Å². The Kier molecular flexibility index (Phi) is 7.30. The lowest BCUT2D eigenvalue weighted by Crippen LogP contribution is -2.25. The van der Waals surface area contributed by atoms with E-state index in [4.69, 9.17) is 9.47 Å². The molecule has 0 unspecified atom stereocenters. The average Bonchev–Trinajstić information content (AvgIpc) is 2.94. The van der Waals surface area contributed by atoms with Crippen LogP contribution >= 0.6 is 22.6 Å². The Labute approximate surface area is 172 Å². The molecule has 1 amide bonds. The zero-order valence-electron chi connectivity index (χ0n) is 15.8. The van der Waals surface area contributed by atoms with E-state index < -0.39 is 5.91 Å². The molecular weight excluding hydrogens is 457 g/mol. The fourth-order valence-electron chi connectivity index (χ4n) is 2.54. The van der Waals surface area contributed by atoms with Gasteiger partial charge in [0.05, 0.1) is 16.8 Å². The van der Waals surface area contributed by atoms with E-state index in [1.807, 2.05) is 52.0 Å². The summed E-state index contributed by atoms with van der Waals surface area (Å²) in [5.41, 5.74) is 5.21. The van der Waals surface area contributed by atoms with Crippen LogP contribution in [0.25, 0.3) is 6.08 Å². The van der Waals surface area contributed by atoms with E-state index in [2.05, 4.69) is 28.0 Å². The van der Waals surface area contributed by atoms with Gasteiger partial charge in [-0.15, -0.1) is 0 Å². The third-order valence-corrected chi connectivity index (χ3v) is 4.58. The molecule has 0 bridgehead atoms. The summed E-state index contributed by atoms with van der Waals surface area (Å²) in [5.74, 6) is 0.785. The summed E-state index contributed by atoms with van der Waals surface area (Å²) in [6.45, 7) is 8.57. The molecule has 0 radical (unpaired) electrons. The standard InChI is InChI=1S/C20H22IN3O3/c1-5-26-18-11-15(10-17(21)19(18)27-6-2)9-16(12-22)20(25)23-24-13(3)7-8-14(24)4/h7-11H,5-6H2,1-4H3,(H,23,25)/b16-9-. The van der Waals surface area contributed by atoms with Crippen molar-refractivity contribution in [1.29, 1.82) is 5.26 Å². The predicted octanol–water partition coefficient (Wildman–Crippen LogP) is 4.18. The van der Waals surface area contributed by atoms with E-state index >= 15 is 0 Å². The molecule has 2 aromatic rings. The Bertz CT molecular complexity index is 890. The zero-order chi connectivity index (χ0) is 20.0. The van der Waals surface area contributed by atoms with Gasteiger partial charge in [0.15, 0.2) is 11.5 Å². The number of halogens is 1. The van der Waals surface area contributed by atoms with E-state index in [9.17, 15) is 10.1 Å². The van der Waals surface area contributed by atoms with Gasteiger partial charge in [0.2, 0.25) is 0 Å². The maximum atomic E-state index is 12.5. The highest BCUT2D eigenvalue weighted by atomic mass is 127. The summed E-state index contributed by atoms with van der Waals surface area (Å²) in [4.78, 5) is 12.5. The molecule has 0 saturated carbocycles. The number of aromatic nitrogens is 1. The first-order valence-electron chi connectivity index (χ1n) is 8.58. The second-order valence-electron chi connectivity index (χ2n) is 5.76. The third kappa shape index (κ3) is 5.04. The predicted molar refractivity (Wildman–Crippen MR) is 113 cm³/mol. The van der Waals surface area contributed by atoms with Crippen LogP contribution in [0.2, 0.25) is 0 Å². The van der Waals surface area contributed by atoms with Crippen molar-refractivity contribution in [2.45, 2.75) is 27.7 Å². The molecule has 0 aliphatic heterocycles. The number of nitrogens with one attached hydrogen (secondary N) is 1. The number of nitrogens with zero attached hydrogens (tertiary/aromatic N) is 2. The number of hydrogen-bond donors (Lipinski definition) is 1. The highest BCUT2D eigenvalue weighted by molar-refractivity contribution is 14.1. The van der Waals surface area contributed by atoms with Gasteiger partial charge >= 0.3 is 0 Å². The fraction of sp³-hybridized carbons (Fsp3) is 0.300. The lowest BCUT2D eigenvalue weighted by Gasteiger charge is -2.14. The van der Waals surface area contributed by atoms with Gasteiger partial charge in [-0.3, -0.25) is 14.9 Å². The molecule has 2 rings (SSSR count). The molecule has 1 heterocycles. The summed E-state index contributed by atoms with van der Waals surface area (Å²) in [6.07, 6.45) is 1.55. The topological polar surface area (TPSA) is 76.3 Å². The van der Waals surface area contributed by atoms with Crippen molar-refractivity contribution >= 4 is 34.6 Å². The first kappa shape index (κ1) is 20.8. The van der Waals surface area contributed by atoms with E-state index in [-0.39, 0.29) is 5.57 Å². The monoisotopic (exact) mass is 479 g/mol. The average molecular weight is 479 g/mol. The minimum atomic E-state index is -0.471. The summed E-state index contributed by atoms with van der Waals surface area (Å²) in [7, 11) is 0. The number of carbonyl (C=O) groups is 1. The molecule has 0 aliphatic rings. The van der Waals surface area contributed by atoms with Crippen molar-refractivity contribution in [3.05, 3.63) is 50.4 Å². The van der Waals surface area contributed by atoms with Gasteiger partial charge in [-0.25, -0.2) is 0 Å². The summed E-state index contributed by atoms with van der Waals surface area (Å²) in [6, 6.07) is 9.39. The van der Waals surface area contributed by atoms with Gasteiger partial charge < -0.3 is 9.47 Å². The molecule has 1 N–H and O–H groups in total. The number of benzene rings is 1. The zero-order valence-corrected chi connectivity index (χ0v) is 18.0. The number of ether oxygens (including phenoxy) is 2. The maximum absolute atomic E-state index is 12.5. The Morgan fingerprint density at radius 3 is 2.41 bits per heavy atom. The van der Waals surface area contributed by atoms with Crippen molar-refractivity contribution in [3.8, 4) is 17.6 Å². The molecule has 1 aromatic heterocycles. The first-order valence-corrected chi connectivity index (χ1v) is 9.66. The van der Waals surface area contributed by atoms with E-state index in [1.165, 1.54) is 0 Å². The van der Waals surface area contributed by atoms with Crippen LogP contribution < -0.4 is 14.9 Å². The van der Waals surface area contributed by atoms with Crippen molar-refractivity contribution in [2.75, 3.05) is 18.6 Å². The van der Waals surface area contributed by atoms with Gasteiger partial charge in [0, 0.05) is 11.4 Å². The summed E-state index contributed by atoms with van der Waals surface area (Å²) < 4.78 is 13.8. The van der Waals surface area contributed by atoms with Crippen molar-refractivity contribution in [2.24, 2.45) is 0 Å². The van der Waals surface area contributed by atoms with Gasteiger partial charge in [0.25, 0.3) is 5.91 Å². The Balaban J connectivity index is 2.36. The molecule has 0 aliphatic carbocycles.